The summed E-state index contributed by atoms with van der Waals surface area (Å²) in [4.78, 5) is 41.3. The summed E-state index contributed by atoms with van der Waals surface area (Å²) in [5.41, 5.74) is 0.439. The van der Waals surface area contributed by atoms with E-state index in [0.29, 0.717) is 37.3 Å². The molecule has 2 heterocycles. The Kier molecular flexibility index (Phi) is 6.01. The number of aryl methyl sites for hydroxylation is 1. The second-order valence-electron chi connectivity index (χ2n) is 8.25. The standard InChI is InChI=1S/C22H29N5O3/c1-25-21(29)18-10-6-5-9-17(18)19(24-25)15-20(28)26-11-13-27(14-12-26)22(30)23-16-7-3-2-4-8-16/h5-6,9-10,16H,2-4,7-8,11-15H2,1H3,(H,23,30). The van der Waals surface area contributed by atoms with Crippen LogP contribution in [0.15, 0.2) is 29.1 Å². The van der Waals surface area contributed by atoms with Crippen molar-refractivity contribution in [3.8, 4) is 0 Å². The number of carbonyl (C=O) groups excluding carboxylic acids is 2. The molecule has 8 heteroatoms. The zero-order valence-corrected chi connectivity index (χ0v) is 17.5. The molecule has 0 bridgehead atoms. The van der Waals surface area contributed by atoms with E-state index in [2.05, 4.69) is 10.4 Å². The van der Waals surface area contributed by atoms with Crippen LogP contribution in [0.2, 0.25) is 0 Å². The topological polar surface area (TPSA) is 87.5 Å². The maximum atomic E-state index is 12.9. The summed E-state index contributed by atoms with van der Waals surface area (Å²) >= 11 is 0. The number of nitrogens with one attached hydrogen (secondary N) is 1. The molecule has 1 saturated carbocycles. The van der Waals surface area contributed by atoms with Crippen LogP contribution in [0.3, 0.4) is 0 Å². The molecule has 1 aromatic heterocycles. The second-order valence-corrected chi connectivity index (χ2v) is 8.25. The van der Waals surface area contributed by atoms with Crippen LogP contribution in [0.1, 0.15) is 37.8 Å². The van der Waals surface area contributed by atoms with Gasteiger partial charge < -0.3 is 15.1 Å². The molecule has 0 spiro atoms. The lowest BCUT2D eigenvalue weighted by Crippen LogP contribution is -2.55. The second kappa shape index (κ2) is 8.85. The van der Waals surface area contributed by atoms with Gasteiger partial charge in [0.05, 0.1) is 17.5 Å². The molecule has 160 valence electrons. The minimum absolute atomic E-state index is 0.0141. The number of fused-ring (bicyclic) bond motifs is 1. The first-order chi connectivity index (χ1) is 14.5. The molecule has 3 amide bonds. The van der Waals surface area contributed by atoms with Crippen LogP contribution in [0.4, 0.5) is 4.79 Å². The van der Waals surface area contributed by atoms with Gasteiger partial charge in [0.15, 0.2) is 0 Å². The van der Waals surface area contributed by atoms with Gasteiger partial charge in [-0.25, -0.2) is 9.48 Å². The normalized spacial score (nSPS) is 17.9. The fourth-order valence-electron chi connectivity index (χ4n) is 4.43. The van der Waals surface area contributed by atoms with Gasteiger partial charge in [-0.3, -0.25) is 9.59 Å². The van der Waals surface area contributed by atoms with Gasteiger partial charge in [0, 0.05) is 44.7 Å². The first-order valence-corrected chi connectivity index (χ1v) is 10.8. The molecule has 2 fully saturated rings. The van der Waals surface area contributed by atoms with Gasteiger partial charge >= 0.3 is 6.03 Å². The van der Waals surface area contributed by atoms with Crippen molar-refractivity contribution in [2.24, 2.45) is 7.05 Å². The third-order valence-electron chi connectivity index (χ3n) is 6.20. The zero-order valence-electron chi connectivity index (χ0n) is 17.5. The van der Waals surface area contributed by atoms with Crippen LogP contribution >= 0.6 is 0 Å². The van der Waals surface area contributed by atoms with E-state index in [9.17, 15) is 14.4 Å². The molecule has 0 atom stereocenters. The minimum Gasteiger partial charge on any atom is -0.339 e. The fraction of sp³-hybridized carbons (Fsp3) is 0.545. The summed E-state index contributed by atoms with van der Waals surface area (Å²) in [7, 11) is 1.60. The van der Waals surface area contributed by atoms with Crippen molar-refractivity contribution in [1.29, 1.82) is 0 Å². The molecule has 4 rings (SSSR count). The number of rotatable bonds is 3. The summed E-state index contributed by atoms with van der Waals surface area (Å²) in [6.45, 7) is 2.10. The largest absolute Gasteiger partial charge is 0.339 e. The van der Waals surface area contributed by atoms with Crippen LogP contribution in [0.5, 0.6) is 0 Å². The van der Waals surface area contributed by atoms with Crippen LogP contribution in [-0.2, 0) is 18.3 Å². The molecule has 2 aliphatic rings. The van der Waals surface area contributed by atoms with Gasteiger partial charge in [-0.15, -0.1) is 0 Å². The molecular formula is C22H29N5O3. The highest BCUT2D eigenvalue weighted by molar-refractivity contribution is 5.88. The Hall–Kier alpha value is -2.90. The average molecular weight is 412 g/mol. The molecular weight excluding hydrogens is 382 g/mol. The summed E-state index contributed by atoms with van der Waals surface area (Å²) in [6.07, 6.45) is 5.88. The van der Waals surface area contributed by atoms with E-state index >= 15 is 0 Å². The van der Waals surface area contributed by atoms with Gasteiger partial charge in [-0.05, 0) is 18.9 Å². The van der Waals surface area contributed by atoms with Crippen molar-refractivity contribution in [3.05, 3.63) is 40.3 Å². The Morgan fingerprint density at radius 3 is 2.33 bits per heavy atom. The third-order valence-corrected chi connectivity index (χ3v) is 6.20. The van der Waals surface area contributed by atoms with Gasteiger partial charge in [-0.2, -0.15) is 5.10 Å². The van der Waals surface area contributed by atoms with Gasteiger partial charge in [-0.1, -0.05) is 37.5 Å². The maximum Gasteiger partial charge on any atom is 0.317 e. The molecule has 2 aromatic rings. The number of benzene rings is 1. The Bertz CT molecular complexity index is 988. The van der Waals surface area contributed by atoms with Gasteiger partial charge in [0.1, 0.15) is 0 Å². The summed E-state index contributed by atoms with van der Waals surface area (Å²) in [5.74, 6) is -0.0290. The van der Waals surface area contributed by atoms with Crippen LogP contribution in [0.25, 0.3) is 10.8 Å². The molecule has 1 aromatic carbocycles. The van der Waals surface area contributed by atoms with E-state index < -0.39 is 0 Å². The minimum atomic E-state index is -0.167. The molecule has 30 heavy (non-hydrogen) atoms. The molecule has 1 aliphatic carbocycles. The van der Waals surface area contributed by atoms with Crippen LogP contribution in [-0.4, -0.2) is 63.7 Å². The molecule has 1 N–H and O–H groups in total. The number of carbonyl (C=O) groups is 2. The Labute approximate surface area is 175 Å². The predicted molar refractivity (Wildman–Crippen MR) is 114 cm³/mol. The van der Waals surface area contributed by atoms with Crippen LogP contribution < -0.4 is 10.9 Å². The van der Waals surface area contributed by atoms with E-state index in [-0.39, 0.29) is 30.0 Å². The summed E-state index contributed by atoms with van der Waals surface area (Å²) in [6, 6.07) is 7.53. The molecule has 0 radical (unpaired) electrons. The number of hydrogen-bond acceptors (Lipinski definition) is 4. The number of hydrogen-bond donors (Lipinski definition) is 1. The van der Waals surface area contributed by atoms with Gasteiger partial charge in [0.25, 0.3) is 5.56 Å². The Balaban J connectivity index is 1.36. The lowest BCUT2D eigenvalue weighted by atomic mass is 9.96. The highest BCUT2D eigenvalue weighted by Crippen LogP contribution is 2.18. The monoisotopic (exact) mass is 411 g/mol. The number of piperazine rings is 1. The number of amides is 3. The van der Waals surface area contributed by atoms with Crippen molar-refractivity contribution in [3.63, 3.8) is 0 Å². The lowest BCUT2D eigenvalue weighted by molar-refractivity contribution is -0.131. The van der Waals surface area contributed by atoms with Crippen molar-refractivity contribution < 1.29 is 9.59 Å². The van der Waals surface area contributed by atoms with E-state index in [1.807, 2.05) is 18.2 Å². The smallest absolute Gasteiger partial charge is 0.317 e. The highest BCUT2D eigenvalue weighted by atomic mass is 16.2. The molecule has 0 unspecified atom stereocenters. The average Bonchev–Trinajstić information content (AvgIpc) is 2.78. The molecule has 1 saturated heterocycles. The van der Waals surface area contributed by atoms with Crippen molar-refractivity contribution >= 4 is 22.7 Å². The van der Waals surface area contributed by atoms with Crippen LogP contribution in [0, 0.1) is 0 Å². The highest BCUT2D eigenvalue weighted by Gasteiger charge is 2.26. The Morgan fingerprint density at radius 1 is 1.00 bits per heavy atom. The van der Waals surface area contributed by atoms with E-state index in [1.54, 1.807) is 22.9 Å². The van der Waals surface area contributed by atoms with Crippen molar-refractivity contribution in [2.45, 2.75) is 44.6 Å². The van der Waals surface area contributed by atoms with Crippen molar-refractivity contribution in [1.82, 2.24) is 24.9 Å². The molecule has 1 aliphatic heterocycles. The van der Waals surface area contributed by atoms with E-state index in [0.717, 1.165) is 18.2 Å². The first kappa shape index (κ1) is 20.4. The summed E-state index contributed by atoms with van der Waals surface area (Å²) < 4.78 is 1.29. The maximum absolute atomic E-state index is 12.9. The predicted octanol–water partition coefficient (Wildman–Crippen LogP) is 1.66. The van der Waals surface area contributed by atoms with Gasteiger partial charge in [0.2, 0.25) is 5.91 Å². The Morgan fingerprint density at radius 2 is 1.63 bits per heavy atom. The summed E-state index contributed by atoms with van der Waals surface area (Å²) in [5, 5.41) is 8.76. The third kappa shape index (κ3) is 4.32. The zero-order chi connectivity index (χ0) is 21.1. The van der Waals surface area contributed by atoms with E-state index in [1.165, 1.54) is 23.9 Å². The SMILES string of the molecule is Cn1nc(CC(=O)N2CCN(C(=O)NC3CCCCC3)CC2)c2ccccc2c1=O. The van der Waals surface area contributed by atoms with E-state index in [4.69, 9.17) is 0 Å². The number of nitrogens with zero attached hydrogens (tertiary/aromatic N) is 4. The first-order valence-electron chi connectivity index (χ1n) is 10.8. The fourth-order valence-corrected chi connectivity index (χ4v) is 4.43. The number of aromatic nitrogens is 2. The lowest BCUT2D eigenvalue weighted by Gasteiger charge is -2.36. The molecule has 8 nitrogen and oxygen atoms in total. The van der Waals surface area contributed by atoms with Crippen molar-refractivity contribution in [2.75, 3.05) is 26.2 Å². The quantitative estimate of drug-likeness (QED) is 0.832. The number of urea groups is 1.